The Kier molecular flexibility index (Phi) is 4.68. The van der Waals surface area contributed by atoms with Crippen molar-refractivity contribution in [1.82, 2.24) is 5.32 Å². The molecule has 0 spiro atoms. The first-order valence-corrected chi connectivity index (χ1v) is 3.69. The van der Waals surface area contributed by atoms with Crippen molar-refractivity contribution in [2.45, 2.75) is 19.1 Å². The fraction of sp³-hybridized carbons (Fsp3) is 0.667. The molecule has 12 heavy (non-hydrogen) atoms. The van der Waals surface area contributed by atoms with Crippen LogP contribution in [-0.4, -0.2) is 35.6 Å². The average Bonchev–Trinajstić information content (AvgIpc) is 1.98. The molecule has 0 heterocycles. The van der Waals surface area contributed by atoms with E-state index in [-0.39, 0.29) is 0 Å². The van der Waals surface area contributed by atoms with Gasteiger partial charge in [0.1, 0.15) is 6.04 Å². The number of thiol groups is 1. The van der Waals surface area contributed by atoms with Gasteiger partial charge in [-0.1, -0.05) is 0 Å². The molecule has 0 aromatic rings. The predicted molar refractivity (Wildman–Crippen MR) is 45.0 cm³/mol. The number of hydrogen-bond donors (Lipinski definition) is 3. The molecule has 0 bridgehead atoms. The molecule has 0 aliphatic heterocycles. The van der Waals surface area contributed by atoms with E-state index >= 15 is 0 Å². The third-order valence-electron chi connectivity index (χ3n) is 1.21. The number of aliphatic hydroxyl groups is 1. The Hall–Kier alpha value is -0.750. The molecule has 2 N–H and O–H groups in total. The first kappa shape index (κ1) is 11.2. The molecule has 0 rings (SSSR count). The maximum absolute atomic E-state index is 10.7. The van der Waals surface area contributed by atoms with E-state index in [2.05, 4.69) is 22.7 Å². The number of methoxy groups -OCH3 is 1. The lowest BCUT2D eigenvalue weighted by Crippen LogP contribution is -2.45. The number of alkyl carbamates (subject to hydrolysis) is 1. The van der Waals surface area contributed by atoms with Gasteiger partial charge in [-0.15, -0.1) is 12.6 Å². The molecular formula is C6H11NO4S. The van der Waals surface area contributed by atoms with Crippen LogP contribution < -0.4 is 5.32 Å². The quantitative estimate of drug-likeness (QED) is 0.530. The summed E-state index contributed by atoms with van der Waals surface area (Å²) in [6, 6.07) is -1.03. The summed E-state index contributed by atoms with van der Waals surface area (Å²) in [5.74, 6) is 0. The van der Waals surface area contributed by atoms with Crippen molar-refractivity contribution in [2.75, 3.05) is 7.11 Å². The number of carbonyl (C=O) groups excluding carboxylic acids is 2. The van der Waals surface area contributed by atoms with Gasteiger partial charge in [-0.2, -0.15) is 0 Å². The molecule has 0 saturated heterocycles. The molecule has 0 saturated carbocycles. The molecule has 5 nitrogen and oxygen atoms in total. The number of amides is 1. The first-order valence-electron chi connectivity index (χ1n) is 3.24. The third-order valence-corrected chi connectivity index (χ3v) is 1.49. The zero-order valence-corrected chi connectivity index (χ0v) is 7.67. The van der Waals surface area contributed by atoms with E-state index in [1.807, 2.05) is 0 Å². The van der Waals surface area contributed by atoms with Crippen LogP contribution in [0, 0.1) is 0 Å². The third kappa shape index (κ3) is 3.59. The number of aliphatic hydroxyl groups excluding tert-OH is 1. The second-order valence-electron chi connectivity index (χ2n) is 2.19. The monoisotopic (exact) mass is 193 g/mol. The molecule has 6 heteroatoms. The second-order valence-corrected chi connectivity index (χ2v) is 2.63. The maximum atomic E-state index is 10.7. The van der Waals surface area contributed by atoms with Crippen LogP contribution in [0.4, 0.5) is 4.79 Å². The van der Waals surface area contributed by atoms with Gasteiger partial charge in [-0.25, -0.2) is 4.79 Å². The summed E-state index contributed by atoms with van der Waals surface area (Å²) in [6.07, 6.45) is -1.77. The van der Waals surface area contributed by atoms with Gasteiger partial charge in [0.05, 0.1) is 13.2 Å². The van der Waals surface area contributed by atoms with Crippen molar-refractivity contribution in [1.29, 1.82) is 0 Å². The van der Waals surface area contributed by atoms with E-state index < -0.39 is 23.4 Å². The second kappa shape index (κ2) is 5.00. The van der Waals surface area contributed by atoms with Crippen LogP contribution >= 0.6 is 12.6 Å². The van der Waals surface area contributed by atoms with Gasteiger partial charge in [0.25, 0.3) is 0 Å². The van der Waals surface area contributed by atoms with Gasteiger partial charge in [-0.3, -0.25) is 4.79 Å². The van der Waals surface area contributed by atoms with Crippen LogP contribution in [0.25, 0.3) is 0 Å². The van der Waals surface area contributed by atoms with Crippen molar-refractivity contribution in [3.63, 3.8) is 0 Å². The van der Waals surface area contributed by atoms with Gasteiger partial charge >= 0.3 is 6.09 Å². The Labute approximate surface area is 75.5 Å². The minimum atomic E-state index is -1.03. The highest BCUT2D eigenvalue weighted by molar-refractivity contribution is 7.96. The lowest BCUT2D eigenvalue weighted by molar-refractivity contribution is -0.114. The molecule has 0 radical (unpaired) electrons. The standard InChI is InChI=1S/C6H11NO4S/c1-3(8)4(5(9)12)7-6(10)11-2/h3-4,8H,1-2H3,(H,7,10)(H,9,12)/t3-,4-/m0/s1. The zero-order chi connectivity index (χ0) is 9.72. The Bertz CT molecular complexity index is 182. The minimum Gasteiger partial charge on any atom is -0.453 e. The van der Waals surface area contributed by atoms with Crippen LogP contribution in [0.1, 0.15) is 6.92 Å². The molecule has 1 amide bonds. The fourth-order valence-electron chi connectivity index (χ4n) is 0.575. The molecule has 0 aliphatic carbocycles. The van der Waals surface area contributed by atoms with Gasteiger partial charge in [0, 0.05) is 0 Å². The van der Waals surface area contributed by atoms with Crippen molar-refractivity contribution >= 4 is 23.8 Å². The summed E-state index contributed by atoms with van der Waals surface area (Å²) in [5.41, 5.74) is 0. The van der Waals surface area contributed by atoms with E-state index in [1.54, 1.807) is 0 Å². The maximum Gasteiger partial charge on any atom is 0.407 e. The Morgan fingerprint density at radius 1 is 1.58 bits per heavy atom. The number of nitrogens with one attached hydrogen (secondary N) is 1. The minimum absolute atomic E-state index is 0.615. The van der Waals surface area contributed by atoms with E-state index in [0.717, 1.165) is 7.11 Å². The van der Waals surface area contributed by atoms with Crippen molar-refractivity contribution in [2.24, 2.45) is 0 Å². The van der Waals surface area contributed by atoms with E-state index in [0.29, 0.717) is 0 Å². The summed E-state index contributed by atoms with van der Waals surface area (Å²) in [5, 5.41) is 10.5. The molecule has 0 aliphatic rings. The molecule has 0 aromatic carbocycles. The van der Waals surface area contributed by atoms with Gasteiger partial charge in [-0.05, 0) is 6.92 Å². The Morgan fingerprint density at radius 2 is 2.08 bits per heavy atom. The SMILES string of the molecule is COC(=O)N[C@H](C(=O)S)[C@H](C)O. The highest BCUT2D eigenvalue weighted by Gasteiger charge is 2.22. The molecule has 0 unspecified atom stereocenters. The summed E-state index contributed by atoms with van der Waals surface area (Å²) < 4.78 is 4.23. The van der Waals surface area contributed by atoms with E-state index in [1.165, 1.54) is 6.92 Å². The highest BCUT2D eigenvalue weighted by Crippen LogP contribution is 1.97. The molecule has 0 fully saturated rings. The van der Waals surface area contributed by atoms with E-state index in [4.69, 9.17) is 5.11 Å². The molecule has 0 aromatic heterocycles. The van der Waals surface area contributed by atoms with Crippen molar-refractivity contribution in [3.8, 4) is 0 Å². The summed E-state index contributed by atoms with van der Waals surface area (Å²) in [4.78, 5) is 21.3. The van der Waals surface area contributed by atoms with Crippen LogP contribution in [0.3, 0.4) is 0 Å². The predicted octanol–water partition coefficient (Wildman–Crippen LogP) is -0.452. The normalized spacial score (nSPS) is 14.7. The van der Waals surface area contributed by atoms with Crippen LogP contribution in [-0.2, 0) is 9.53 Å². The lowest BCUT2D eigenvalue weighted by Gasteiger charge is -2.16. The fourth-order valence-corrected chi connectivity index (χ4v) is 0.855. The van der Waals surface area contributed by atoms with Gasteiger partial charge in [0.15, 0.2) is 0 Å². The van der Waals surface area contributed by atoms with Gasteiger partial charge in [0.2, 0.25) is 5.12 Å². The van der Waals surface area contributed by atoms with Crippen LogP contribution in [0.15, 0.2) is 0 Å². The largest absolute Gasteiger partial charge is 0.453 e. The highest BCUT2D eigenvalue weighted by atomic mass is 32.1. The lowest BCUT2D eigenvalue weighted by atomic mass is 10.2. The number of rotatable bonds is 3. The Balaban J connectivity index is 4.14. The summed E-state index contributed by atoms with van der Waals surface area (Å²) in [7, 11) is 1.16. The van der Waals surface area contributed by atoms with Crippen LogP contribution in [0.2, 0.25) is 0 Å². The van der Waals surface area contributed by atoms with Crippen LogP contribution in [0.5, 0.6) is 0 Å². The van der Waals surface area contributed by atoms with E-state index in [9.17, 15) is 9.59 Å². The Morgan fingerprint density at radius 3 is 2.33 bits per heavy atom. The molecular weight excluding hydrogens is 182 g/mol. The molecule has 2 atom stereocenters. The first-order chi connectivity index (χ1) is 5.49. The molecule has 70 valence electrons. The van der Waals surface area contributed by atoms with Gasteiger partial charge < -0.3 is 15.2 Å². The average molecular weight is 193 g/mol. The number of hydrogen-bond acceptors (Lipinski definition) is 4. The van der Waals surface area contributed by atoms with Crippen molar-refractivity contribution < 1.29 is 19.4 Å². The van der Waals surface area contributed by atoms with Crippen molar-refractivity contribution in [3.05, 3.63) is 0 Å². The zero-order valence-electron chi connectivity index (χ0n) is 6.77. The number of carbonyl (C=O) groups is 2. The summed E-state index contributed by atoms with van der Waals surface area (Å²) >= 11 is 3.48. The summed E-state index contributed by atoms with van der Waals surface area (Å²) in [6.45, 7) is 1.37. The number of ether oxygens (including phenoxy) is 1. The smallest absolute Gasteiger partial charge is 0.407 e. The topological polar surface area (TPSA) is 75.6 Å².